The van der Waals surface area contributed by atoms with Gasteiger partial charge in [0.05, 0.1) is 89.3 Å². The zero-order valence-electron chi connectivity index (χ0n) is 79.6. The Bertz CT molecular complexity index is 3570. The summed E-state index contributed by atoms with van der Waals surface area (Å²) in [4.78, 5) is 30.0. The van der Waals surface area contributed by atoms with Crippen molar-refractivity contribution in [1.29, 1.82) is 0 Å². The molecule has 0 amide bonds. The van der Waals surface area contributed by atoms with Crippen molar-refractivity contribution in [2.75, 3.05) is 105 Å². The van der Waals surface area contributed by atoms with Gasteiger partial charge in [-0.15, -0.1) is 5.57 Å². The SMILES string of the molecule is BrP(Br)Br.C/C(CBr)=C(\CCC(OCC(Cl)(Cl)Cl)OCC(Cl)(Cl)Cl)C1=NC(C)(C)CO1.CC(C)(N)CO.CC1(C)COC(CCCC(OCC(Cl)(Cl)Cl)OCC(Cl)(Cl)Cl)=N1.CC1=C(CCC(OCC(Cl)(Cl)Cl)OCC(Cl)(Cl)Cl)CCC1=O.COC(C)(C)N=C1CCC(C)C1CCC(OCC(Cl)(Cl)Cl)OCC(Cl)(Cl)Cl.[Br-].[CH2-]/C(C)=C(/CCC(OCC(Cl)(Cl)Cl)OCC(Cl)(Cl)Cl)C1=NC(C)(C)CO1.[H-].[Li+].[Li+]. The Kier molecular flexibility index (Phi) is 83.1. The molecule has 0 aromatic heterocycles. The number of carbonyl (C=O) groups excluding carboxylic acids is 1. The molecule has 0 aromatic carbocycles. The largest absolute Gasteiger partial charge is 1.00 e. The normalized spacial score (nSPS) is 18.3. The predicted molar refractivity (Wildman–Crippen MR) is 597 cm³/mol. The van der Waals surface area contributed by atoms with E-state index < -0.39 is 80.6 Å². The van der Waals surface area contributed by atoms with Gasteiger partial charge >= 0.3 is 37.7 Å². The fourth-order valence-corrected chi connectivity index (χ4v) is 13.3. The number of alkyl halides is 31. The van der Waals surface area contributed by atoms with Gasteiger partial charge in [-0.2, -0.15) is 0 Å². The van der Waals surface area contributed by atoms with E-state index in [-0.39, 0.29) is 155 Å². The summed E-state index contributed by atoms with van der Waals surface area (Å²) < 4.78 is 61.7. The first-order valence-corrected chi connectivity index (χ1v) is 60.4. The Balaban J connectivity index is -0.000000385. The van der Waals surface area contributed by atoms with Gasteiger partial charge in [-0.05, 0) is 211 Å². The van der Waals surface area contributed by atoms with E-state index in [4.69, 9.17) is 430 Å². The summed E-state index contributed by atoms with van der Waals surface area (Å²) in [5.41, 5.74) is 10.4. The molecule has 3 N–H and O–H groups in total. The smallest absolute Gasteiger partial charge is 1.00 e. The Labute approximate surface area is 1040 Å². The van der Waals surface area contributed by atoms with Crippen LogP contribution in [0.5, 0.6) is 0 Å². The maximum absolute atomic E-state index is 11.5. The van der Waals surface area contributed by atoms with E-state index in [1.54, 1.807) is 21.0 Å². The fraction of sp³-hybridized carbons (Fsp3) is 0.848. The van der Waals surface area contributed by atoms with Crippen molar-refractivity contribution in [2.24, 2.45) is 37.5 Å². The van der Waals surface area contributed by atoms with Crippen LogP contribution in [-0.4, -0.2) is 236 Å². The second kappa shape index (κ2) is 73.8. The molecular formula is C79H118Br5Cl30Li2N5O16P-. The van der Waals surface area contributed by atoms with Gasteiger partial charge in [0.2, 0.25) is 43.8 Å². The van der Waals surface area contributed by atoms with Crippen LogP contribution in [0.15, 0.2) is 53.4 Å². The van der Waals surface area contributed by atoms with Crippen LogP contribution in [0.3, 0.4) is 0 Å². The molecule has 0 radical (unpaired) electrons. The van der Waals surface area contributed by atoms with Crippen molar-refractivity contribution in [2.45, 2.75) is 291 Å². The zero-order chi connectivity index (χ0) is 105. The number of aliphatic hydroxyl groups excluding tert-OH is 1. The molecule has 1 fully saturated rings. The molecule has 2 atom stereocenters. The van der Waals surface area contributed by atoms with E-state index in [2.05, 4.69) is 91.2 Å². The summed E-state index contributed by atoms with van der Waals surface area (Å²) in [6, 6.07) is 0. The van der Waals surface area contributed by atoms with Crippen molar-refractivity contribution < 1.29 is 132 Å². The molecule has 0 bridgehead atoms. The maximum atomic E-state index is 11.5. The van der Waals surface area contributed by atoms with Crippen molar-refractivity contribution in [3.8, 4) is 0 Å². The molecular weight excluding hydrogens is 2780 g/mol. The molecule has 0 aromatic rings. The van der Waals surface area contributed by atoms with Gasteiger partial charge in [0.15, 0.2) is 48.9 Å². The Morgan fingerprint density at radius 2 is 0.790 bits per heavy atom. The number of rotatable bonds is 42. The number of aliphatic imine (C=N–C) groups is 4. The predicted octanol–water partition coefficient (Wildman–Crippen LogP) is 25.0. The Morgan fingerprint density at radius 1 is 0.500 bits per heavy atom. The minimum Gasteiger partial charge on any atom is -1.00 e. The average Bonchev–Trinajstić information content (AvgIpc) is 1.58. The summed E-state index contributed by atoms with van der Waals surface area (Å²) in [6.45, 7) is 31.5. The molecule has 2 unspecified atom stereocenters. The summed E-state index contributed by atoms with van der Waals surface area (Å²) in [6.07, 6.45) is 6.15. The Morgan fingerprint density at radius 3 is 1.05 bits per heavy atom. The molecule has 5 aliphatic rings. The number of aliphatic hydroxyl groups is 1. The van der Waals surface area contributed by atoms with Crippen LogP contribution in [0, 0.1) is 18.8 Å². The third-order valence-electron chi connectivity index (χ3n) is 17.4. The fourth-order valence-electron chi connectivity index (χ4n) is 11.1. The van der Waals surface area contributed by atoms with Crippen molar-refractivity contribution >= 4 is 444 Å². The van der Waals surface area contributed by atoms with Crippen LogP contribution < -0.4 is 60.4 Å². The molecule has 808 valence electrons. The van der Waals surface area contributed by atoms with Crippen LogP contribution in [0.1, 0.15) is 195 Å². The van der Waals surface area contributed by atoms with Gasteiger partial charge < -0.3 is 95.6 Å². The summed E-state index contributed by atoms with van der Waals surface area (Å²) in [7, 11) is 1.66. The van der Waals surface area contributed by atoms with Crippen LogP contribution in [0.4, 0.5) is 0 Å². The quantitative estimate of drug-likeness (QED) is 0.0190. The minimum absolute atomic E-state index is 0. The first kappa shape index (κ1) is 155. The minimum atomic E-state index is -1.58. The first-order chi connectivity index (χ1) is 60.8. The number of ketones is 1. The number of carbonyl (C=O) groups is 1. The number of halogens is 35. The third-order valence-corrected chi connectivity index (χ3v) is 21.5. The number of hydrogen-bond donors (Lipinski definition) is 2. The molecule has 2 aliphatic carbocycles. The maximum Gasteiger partial charge on any atom is 1.00 e. The molecule has 3 aliphatic heterocycles. The molecule has 1 saturated carbocycles. The van der Waals surface area contributed by atoms with Gasteiger partial charge in [-0.3, -0.25) is 14.8 Å². The average molecular weight is 2900 g/mol. The van der Waals surface area contributed by atoms with Gasteiger partial charge in [-0.1, -0.05) is 395 Å². The van der Waals surface area contributed by atoms with E-state index in [9.17, 15) is 4.79 Å². The summed E-state index contributed by atoms with van der Waals surface area (Å²) >= 11 is 184. The summed E-state index contributed by atoms with van der Waals surface area (Å²) in [5, 5.41) is 8.96. The Hall–Kier alpha value is 9.04. The van der Waals surface area contributed by atoms with Crippen LogP contribution in [0.2, 0.25) is 0 Å². The van der Waals surface area contributed by atoms with Gasteiger partial charge in [0, 0.05) is 54.9 Å². The number of Topliss-reactive ketones (excluding diaryl/α,β-unsaturated/α-hetero) is 1. The van der Waals surface area contributed by atoms with E-state index in [1.165, 1.54) is 0 Å². The zero-order valence-corrected chi connectivity index (χ0v) is 110. The number of allylic oxidation sites excluding steroid dienone is 4. The number of nitrogens with zero attached hydrogens (tertiary/aromatic N) is 4. The number of methoxy groups -OCH3 is 1. The molecule has 0 saturated heterocycles. The molecule has 138 heavy (non-hydrogen) atoms. The topological polar surface area (TPSA) is 242 Å². The second-order valence-electron chi connectivity index (χ2n) is 33.7. The van der Waals surface area contributed by atoms with Crippen LogP contribution >= 0.6 is 414 Å². The van der Waals surface area contributed by atoms with E-state index in [1.807, 2.05) is 76.2 Å². The van der Waals surface area contributed by atoms with Crippen molar-refractivity contribution in [3.63, 3.8) is 0 Å². The van der Waals surface area contributed by atoms with E-state index in [0.29, 0.717) is 119 Å². The molecule has 21 nitrogen and oxygen atoms in total. The third kappa shape index (κ3) is 89.8. The standard InChI is InChI=1S/C17H27Cl6NO3.C16H22BrCl6NO3.C16H22Cl6NO3.C13H19Cl6NO3.C13H16Cl6O3.C4H11NO.Br3P.BrH.2Li.H/c1-11-5-7-13(24-15(2,3)25-4)12(11)6-8-14(26-9-16(18,19)20)27-10-17(21,22)23;1-10(6-17)11(13-24-14(2,3)7-27-13)4-5-12(25-8-15(18,19)20)26-9-16(21,22)23;1-10(2)11(13-23-14(3,4)7-26-13)5-6-12(24-8-15(17,18)19)25-9-16(20,21)22;1-11(2)6-21-9(20-11)4-3-5-10(22-7-12(14,15)16)23-8-13(17,18)19;1-8-9(2-4-10(8)20)3-5-11(21-6-12(14,15)16)22-7-13(17,18)19;1-4(2,5)3-6;1-4(2)3;;;;/h11-12,14H,5-10H2,1-4H3;12H,4-9H2,1-3H3;12H,1,5-9H2,2-4H3;10H,3-8H2,1-2H3;11H,2-7H2,1H3;6H,3,5H2,1-2H3;;1H;;;/q;;-1;;;;;;2*+1;-1/p-1/b;11-10-;11-10+;;;;;;;;. The van der Waals surface area contributed by atoms with Crippen LogP contribution in [-0.2, 0) is 71.1 Å². The molecule has 3 heterocycles. The second-order valence-corrected chi connectivity index (χ2v) is 74.7. The van der Waals surface area contributed by atoms with Gasteiger partial charge in [0.1, 0.15) is 29.7 Å². The van der Waals surface area contributed by atoms with Crippen molar-refractivity contribution in [1.82, 2.24) is 0 Å². The van der Waals surface area contributed by atoms with Crippen LogP contribution in [0.25, 0.3) is 0 Å². The van der Waals surface area contributed by atoms with Gasteiger partial charge in [0.25, 0.3) is 0 Å². The van der Waals surface area contributed by atoms with Gasteiger partial charge in [-0.25, -0.2) is 22.5 Å². The molecule has 0 spiro atoms. The number of ether oxygens (including phenoxy) is 14. The molecule has 59 heteroatoms. The molecule has 5 rings (SSSR count). The number of nitrogens with two attached hydrogens (primary N) is 1. The van der Waals surface area contributed by atoms with Crippen molar-refractivity contribution in [3.05, 3.63) is 40.4 Å². The van der Waals surface area contributed by atoms with E-state index in [0.717, 1.165) is 70.7 Å². The summed E-state index contributed by atoms with van der Waals surface area (Å²) in [5.74, 6) is 2.89. The first-order valence-electron chi connectivity index (χ1n) is 40.6. The monoisotopic (exact) mass is 2880 g/mol. The number of hydrogen-bond acceptors (Lipinski definition) is 21. The van der Waals surface area contributed by atoms with E-state index >= 15 is 0 Å².